The monoisotopic (exact) mass is 277 g/mol. The van der Waals surface area contributed by atoms with E-state index in [1.54, 1.807) is 0 Å². The van der Waals surface area contributed by atoms with E-state index >= 15 is 0 Å². The molecule has 0 aliphatic heterocycles. The molecule has 0 spiro atoms. The molecular weight excluding hydrogens is 258 g/mol. The summed E-state index contributed by atoms with van der Waals surface area (Å²) >= 11 is 0. The first-order valence-electron chi connectivity index (χ1n) is 6.66. The number of ketones is 1. The van der Waals surface area contributed by atoms with Gasteiger partial charge in [0, 0.05) is 19.4 Å². The number of hydrogen-bond acceptors (Lipinski definition) is 3. The molecule has 1 aromatic rings. The first-order chi connectivity index (χ1) is 9.59. The number of aliphatic carboxylic acids is 1. The maximum absolute atomic E-state index is 11.5. The molecule has 0 heterocycles. The number of carboxylic acid groups (broad SMARTS) is 1. The number of hydrogen-bond donors (Lipinski definition) is 2. The predicted octanol–water partition coefficient (Wildman–Crippen LogP) is 1.56. The van der Waals surface area contributed by atoms with Crippen LogP contribution in [0.1, 0.15) is 31.2 Å². The Morgan fingerprint density at radius 3 is 2.35 bits per heavy atom. The molecule has 2 N–H and O–H groups in total. The largest absolute Gasteiger partial charge is 0.481 e. The lowest BCUT2D eigenvalue weighted by Crippen LogP contribution is -2.31. The summed E-state index contributed by atoms with van der Waals surface area (Å²) in [4.78, 5) is 33.2. The first-order valence-corrected chi connectivity index (χ1v) is 6.66. The van der Waals surface area contributed by atoms with Gasteiger partial charge in [0.25, 0.3) is 5.91 Å². The smallest absolute Gasteiger partial charge is 0.303 e. The van der Waals surface area contributed by atoms with Gasteiger partial charge in [-0.3, -0.25) is 14.4 Å². The fourth-order valence-electron chi connectivity index (χ4n) is 1.75. The minimum absolute atomic E-state index is 0.0114. The Morgan fingerprint density at radius 1 is 1.00 bits per heavy atom. The predicted molar refractivity (Wildman–Crippen MR) is 74.3 cm³/mol. The van der Waals surface area contributed by atoms with Crippen molar-refractivity contribution >= 4 is 17.7 Å². The normalized spacial score (nSPS) is 10.0. The zero-order valence-corrected chi connectivity index (χ0v) is 11.3. The van der Waals surface area contributed by atoms with Gasteiger partial charge in [-0.25, -0.2) is 0 Å². The van der Waals surface area contributed by atoms with Crippen molar-refractivity contribution in [1.29, 1.82) is 0 Å². The summed E-state index contributed by atoms with van der Waals surface area (Å²) in [6, 6.07) is 9.77. The zero-order valence-electron chi connectivity index (χ0n) is 11.3. The molecule has 0 radical (unpaired) electrons. The van der Waals surface area contributed by atoms with Crippen LogP contribution in [0.25, 0.3) is 0 Å². The Labute approximate surface area is 118 Å². The van der Waals surface area contributed by atoms with Gasteiger partial charge in [-0.2, -0.15) is 0 Å². The highest BCUT2D eigenvalue weighted by molar-refractivity contribution is 6.36. The molecule has 0 saturated heterocycles. The molecule has 1 amide bonds. The molecule has 0 unspecified atom stereocenters. The van der Waals surface area contributed by atoms with Crippen LogP contribution in [0.4, 0.5) is 0 Å². The summed E-state index contributed by atoms with van der Waals surface area (Å²) in [5, 5.41) is 10.9. The van der Waals surface area contributed by atoms with E-state index in [9.17, 15) is 14.4 Å². The molecule has 1 aromatic carbocycles. The number of aryl methyl sites for hydroxylation is 1. The SMILES string of the molecule is O=C(O)CCCNC(=O)C(=O)CCCc1ccccc1. The number of carbonyl (C=O) groups excluding carboxylic acids is 2. The van der Waals surface area contributed by atoms with E-state index in [2.05, 4.69) is 5.32 Å². The topological polar surface area (TPSA) is 83.5 Å². The van der Waals surface area contributed by atoms with Crippen molar-refractivity contribution < 1.29 is 19.5 Å². The molecule has 20 heavy (non-hydrogen) atoms. The lowest BCUT2D eigenvalue weighted by molar-refractivity contribution is -0.138. The average molecular weight is 277 g/mol. The van der Waals surface area contributed by atoms with Crippen LogP contribution in [0.3, 0.4) is 0 Å². The van der Waals surface area contributed by atoms with Gasteiger partial charge in [-0.1, -0.05) is 30.3 Å². The lowest BCUT2D eigenvalue weighted by Gasteiger charge is -2.03. The van der Waals surface area contributed by atoms with Gasteiger partial charge in [-0.15, -0.1) is 0 Å². The third kappa shape index (κ3) is 6.68. The minimum atomic E-state index is -0.909. The Morgan fingerprint density at radius 2 is 1.70 bits per heavy atom. The van der Waals surface area contributed by atoms with Gasteiger partial charge in [0.05, 0.1) is 0 Å². The van der Waals surface area contributed by atoms with Gasteiger partial charge in [0.2, 0.25) is 5.78 Å². The van der Waals surface area contributed by atoms with Crippen LogP contribution >= 0.6 is 0 Å². The number of carbonyl (C=O) groups is 3. The third-order valence-electron chi connectivity index (χ3n) is 2.82. The van der Waals surface area contributed by atoms with Gasteiger partial charge in [0.15, 0.2) is 0 Å². The van der Waals surface area contributed by atoms with Crippen LogP contribution in [0.2, 0.25) is 0 Å². The second-order valence-electron chi connectivity index (χ2n) is 4.52. The lowest BCUT2D eigenvalue weighted by atomic mass is 10.1. The molecule has 5 heteroatoms. The van der Waals surface area contributed by atoms with Gasteiger partial charge in [-0.05, 0) is 24.8 Å². The van der Waals surface area contributed by atoms with E-state index in [0.717, 1.165) is 12.0 Å². The number of amides is 1. The average Bonchev–Trinajstić information content (AvgIpc) is 2.44. The first kappa shape index (κ1) is 15.9. The van der Waals surface area contributed by atoms with Crippen LogP contribution in [0.15, 0.2) is 30.3 Å². The molecule has 0 atom stereocenters. The quantitative estimate of drug-likeness (QED) is 0.530. The van der Waals surface area contributed by atoms with E-state index in [1.165, 1.54) is 0 Å². The van der Waals surface area contributed by atoms with Crippen molar-refractivity contribution in [2.75, 3.05) is 6.54 Å². The zero-order chi connectivity index (χ0) is 14.8. The molecule has 5 nitrogen and oxygen atoms in total. The van der Waals surface area contributed by atoms with Crippen molar-refractivity contribution in [2.45, 2.75) is 32.1 Å². The van der Waals surface area contributed by atoms with Crippen LogP contribution in [0.5, 0.6) is 0 Å². The molecule has 0 bridgehead atoms. The third-order valence-corrected chi connectivity index (χ3v) is 2.82. The maximum Gasteiger partial charge on any atom is 0.303 e. The number of rotatable bonds is 9. The van der Waals surface area contributed by atoms with Crippen LogP contribution in [-0.2, 0) is 20.8 Å². The summed E-state index contributed by atoms with van der Waals surface area (Å²) in [5.41, 5.74) is 1.14. The van der Waals surface area contributed by atoms with Crippen LogP contribution < -0.4 is 5.32 Å². The van der Waals surface area contributed by atoms with Crippen LogP contribution in [-0.4, -0.2) is 29.3 Å². The second-order valence-corrected chi connectivity index (χ2v) is 4.52. The maximum atomic E-state index is 11.5. The van der Waals surface area contributed by atoms with Gasteiger partial charge >= 0.3 is 5.97 Å². The van der Waals surface area contributed by atoms with E-state index < -0.39 is 17.7 Å². The number of benzene rings is 1. The summed E-state index contributed by atoms with van der Waals surface area (Å²) in [6.07, 6.45) is 1.92. The summed E-state index contributed by atoms with van der Waals surface area (Å²) in [5.74, 6) is -1.98. The summed E-state index contributed by atoms with van der Waals surface area (Å²) in [7, 11) is 0. The van der Waals surface area contributed by atoms with Crippen molar-refractivity contribution in [2.24, 2.45) is 0 Å². The molecule has 0 aliphatic carbocycles. The highest BCUT2D eigenvalue weighted by Crippen LogP contribution is 2.04. The second kappa shape index (κ2) is 8.85. The van der Waals surface area contributed by atoms with Crippen molar-refractivity contribution in [3.05, 3.63) is 35.9 Å². The molecule has 0 aromatic heterocycles. The standard InChI is InChI=1S/C15H19NO4/c17-13(15(20)16-11-5-10-14(18)19)9-4-8-12-6-2-1-3-7-12/h1-3,6-7H,4-5,8-11H2,(H,16,20)(H,18,19). The fourth-order valence-corrected chi connectivity index (χ4v) is 1.75. The Balaban J connectivity index is 2.15. The Bertz CT molecular complexity index is 456. The van der Waals surface area contributed by atoms with E-state index in [1.807, 2.05) is 30.3 Å². The van der Waals surface area contributed by atoms with Crippen LogP contribution in [0, 0.1) is 0 Å². The van der Waals surface area contributed by atoms with Crippen molar-refractivity contribution in [1.82, 2.24) is 5.32 Å². The molecule has 0 saturated carbocycles. The molecule has 0 fully saturated rings. The summed E-state index contributed by atoms with van der Waals surface area (Å²) in [6.45, 7) is 0.218. The number of nitrogens with one attached hydrogen (secondary N) is 1. The number of carboxylic acids is 1. The highest BCUT2D eigenvalue weighted by Gasteiger charge is 2.12. The van der Waals surface area contributed by atoms with Gasteiger partial charge < -0.3 is 10.4 Å². The highest BCUT2D eigenvalue weighted by atomic mass is 16.4. The van der Waals surface area contributed by atoms with Gasteiger partial charge in [0.1, 0.15) is 0 Å². The Kier molecular flexibility index (Phi) is 7.03. The number of Topliss-reactive ketones (excluding diaryl/α,β-unsaturated/α-hetero) is 1. The minimum Gasteiger partial charge on any atom is -0.481 e. The summed E-state index contributed by atoms with van der Waals surface area (Å²) < 4.78 is 0. The van der Waals surface area contributed by atoms with E-state index in [-0.39, 0.29) is 19.4 Å². The molecule has 108 valence electrons. The van der Waals surface area contributed by atoms with Crippen molar-refractivity contribution in [3.63, 3.8) is 0 Å². The fraction of sp³-hybridized carbons (Fsp3) is 0.400. The molecule has 0 aliphatic rings. The Hall–Kier alpha value is -2.17. The molecule has 1 rings (SSSR count). The van der Waals surface area contributed by atoms with E-state index in [0.29, 0.717) is 12.8 Å². The van der Waals surface area contributed by atoms with E-state index in [4.69, 9.17) is 5.11 Å². The molecular formula is C15H19NO4. The van der Waals surface area contributed by atoms with Crippen molar-refractivity contribution in [3.8, 4) is 0 Å².